The summed E-state index contributed by atoms with van der Waals surface area (Å²) >= 11 is 6.05. The number of carbonyl (C=O) groups is 1. The second-order valence-corrected chi connectivity index (χ2v) is 4.56. The first-order valence-electron chi connectivity index (χ1n) is 5.30. The van der Waals surface area contributed by atoms with Gasteiger partial charge in [0.05, 0.1) is 0 Å². The van der Waals surface area contributed by atoms with Crippen molar-refractivity contribution >= 4 is 23.6 Å². The molecule has 0 saturated heterocycles. The summed E-state index contributed by atoms with van der Waals surface area (Å²) in [5.74, 6) is 0.401. The molecule has 3 heteroatoms. The molecule has 14 heavy (non-hydrogen) atoms. The van der Waals surface area contributed by atoms with Gasteiger partial charge in [-0.05, 0) is 39.3 Å². The second kappa shape index (κ2) is 5.50. The molecule has 1 rings (SSSR count). The lowest BCUT2D eigenvalue weighted by Crippen LogP contribution is -2.29. The van der Waals surface area contributed by atoms with Crippen molar-refractivity contribution in [2.24, 2.45) is 10.9 Å². The largest absolute Gasteiger partial charge is 0.297 e. The second-order valence-electron chi connectivity index (χ2n) is 3.95. The normalized spacial score (nSPS) is 30.5. The Morgan fingerprint density at radius 1 is 1.57 bits per heavy atom. The Kier molecular flexibility index (Phi) is 4.59. The van der Waals surface area contributed by atoms with Crippen molar-refractivity contribution in [3.63, 3.8) is 0 Å². The van der Waals surface area contributed by atoms with E-state index in [1.807, 2.05) is 13.8 Å². The topological polar surface area (TPSA) is 29.4 Å². The standard InChI is InChI=1S/C11H18ClNO/c1-3-13-8(2)11(14)9-5-4-6-10(12)7-9/h3,8-10H,4-7H2,1-2H3. The molecule has 0 radical (unpaired) electrons. The summed E-state index contributed by atoms with van der Waals surface area (Å²) in [6.07, 6.45) is 5.66. The molecule has 0 spiro atoms. The molecule has 2 nitrogen and oxygen atoms in total. The molecule has 3 atom stereocenters. The van der Waals surface area contributed by atoms with E-state index in [-0.39, 0.29) is 23.1 Å². The smallest absolute Gasteiger partial charge is 0.160 e. The van der Waals surface area contributed by atoms with Crippen LogP contribution in [0, 0.1) is 5.92 Å². The molecule has 0 aromatic rings. The van der Waals surface area contributed by atoms with Gasteiger partial charge in [0, 0.05) is 11.3 Å². The van der Waals surface area contributed by atoms with Crippen molar-refractivity contribution in [3.05, 3.63) is 0 Å². The lowest BCUT2D eigenvalue weighted by atomic mass is 9.84. The molecule has 0 aromatic heterocycles. The summed E-state index contributed by atoms with van der Waals surface area (Å²) < 4.78 is 0. The third-order valence-corrected chi connectivity index (χ3v) is 3.19. The maximum atomic E-state index is 11.9. The van der Waals surface area contributed by atoms with E-state index in [1.165, 1.54) is 0 Å². The minimum absolute atomic E-state index is 0.143. The fraction of sp³-hybridized carbons (Fsp3) is 0.818. The van der Waals surface area contributed by atoms with Gasteiger partial charge in [0.1, 0.15) is 6.04 Å². The number of halogens is 1. The van der Waals surface area contributed by atoms with Crippen LogP contribution in [-0.2, 0) is 4.79 Å². The Morgan fingerprint density at radius 3 is 2.86 bits per heavy atom. The Bertz CT molecular complexity index is 227. The van der Waals surface area contributed by atoms with Crippen molar-refractivity contribution in [2.75, 3.05) is 0 Å². The third-order valence-electron chi connectivity index (χ3n) is 2.80. The van der Waals surface area contributed by atoms with E-state index in [9.17, 15) is 4.79 Å². The van der Waals surface area contributed by atoms with Crippen LogP contribution in [0.2, 0.25) is 0 Å². The van der Waals surface area contributed by atoms with Crippen LogP contribution in [0.5, 0.6) is 0 Å². The highest BCUT2D eigenvalue weighted by Gasteiger charge is 2.28. The predicted octanol–water partition coefficient (Wildman–Crippen LogP) is 2.83. The summed E-state index contributed by atoms with van der Waals surface area (Å²) in [4.78, 5) is 16.0. The highest BCUT2D eigenvalue weighted by atomic mass is 35.5. The summed E-state index contributed by atoms with van der Waals surface area (Å²) in [7, 11) is 0. The average Bonchev–Trinajstić information content (AvgIpc) is 2.17. The molecule has 1 saturated carbocycles. The number of aliphatic imine (C=N–C) groups is 1. The minimum atomic E-state index is -0.188. The van der Waals surface area contributed by atoms with Crippen LogP contribution in [-0.4, -0.2) is 23.4 Å². The number of hydrogen-bond donors (Lipinski definition) is 0. The first-order chi connectivity index (χ1) is 6.65. The quantitative estimate of drug-likeness (QED) is 0.526. The molecule has 80 valence electrons. The number of Topliss-reactive ketones (excluding diaryl/α,β-unsaturated/α-hetero) is 1. The van der Waals surface area contributed by atoms with Gasteiger partial charge in [-0.1, -0.05) is 6.42 Å². The van der Waals surface area contributed by atoms with E-state index in [0.29, 0.717) is 0 Å². The van der Waals surface area contributed by atoms with Crippen molar-refractivity contribution in [1.29, 1.82) is 0 Å². The van der Waals surface area contributed by atoms with Crippen LogP contribution in [0.1, 0.15) is 39.5 Å². The number of nitrogens with zero attached hydrogens (tertiary/aromatic N) is 1. The van der Waals surface area contributed by atoms with Gasteiger partial charge < -0.3 is 0 Å². The van der Waals surface area contributed by atoms with E-state index in [4.69, 9.17) is 11.6 Å². The number of hydrogen-bond acceptors (Lipinski definition) is 2. The Hall–Kier alpha value is -0.370. The fourth-order valence-corrected chi connectivity index (χ4v) is 2.40. The molecule has 3 unspecified atom stereocenters. The minimum Gasteiger partial charge on any atom is -0.297 e. The molecule has 0 bridgehead atoms. The van der Waals surface area contributed by atoms with Gasteiger partial charge in [-0.15, -0.1) is 11.6 Å². The molecular formula is C11H18ClNO. The highest BCUT2D eigenvalue weighted by Crippen LogP contribution is 2.29. The van der Waals surface area contributed by atoms with Gasteiger partial charge in [0.25, 0.3) is 0 Å². The summed E-state index contributed by atoms with van der Waals surface area (Å²) in [6, 6.07) is -0.188. The maximum Gasteiger partial charge on any atom is 0.160 e. The monoisotopic (exact) mass is 215 g/mol. The van der Waals surface area contributed by atoms with E-state index in [2.05, 4.69) is 4.99 Å². The van der Waals surface area contributed by atoms with Crippen molar-refractivity contribution in [1.82, 2.24) is 0 Å². The first-order valence-corrected chi connectivity index (χ1v) is 5.74. The molecule has 0 aliphatic heterocycles. The van der Waals surface area contributed by atoms with Gasteiger partial charge in [0.2, 0.25) is 0 Å². The van der Waals surface area contributed by atoms with Gasteiger partial charge in [0.15, 0.2) is 5.78 Å². The Balaban J connectivity index is 2.51. The number of ketones is 1. The van der Waals surface area contributed by atoms with E-state index in [1.54, 1.807) is 6.21 Å². The highest BCUT2D eigenvalue weighted by molar-refractivity contribution is 6.20. The van der Waals surface area contributed by atoms with Crippen molar-refractivity contribution < 1.29 is 4.79 Å². The van der Waals surface area contributed by atoms with E-state index >= 15 is 0 Å². The molecule has 1 aliphatic carbocycles. The van der Waals surface area contributed by atoms with Crippen LogP contribution in [0.25, 0.3) is 0 Å². The zero-order valence-electron chi connectivity index (χ0n) is 8.87. The molecule has 1 aliphatic rings. The van der Waals surface area contributed by atoms with Crippen molar-refractivity contribution in [2.45, 2.75) is 50.9 Å². The van der Waals surface area contributed by atoms with Gasteiger partial charge >= 0.3 is 0 Å². The number of rotatable bonds is 3. The zero-order valence-corrected chi connectivity index (χ0v) is 9.63. The zero-order chi connectivity index (χ0) is 10.6. The summed E-state index contributed by atoms with van der Waals surface area (Å²) in [5, 5.41) is 0.190. The van der Waals surface area contributed by atoms with Gasteiger partial charge in [-0.2, -0.15) is 0 Å². The molecule has 1 fully saturated rings. The van der Waals surface area contributed by atoms with Crippen LogP contribution >= 0.6 is 11.6 Å². The lowest BCUT2D eigenvalue weighted by molar-refractivity contribution is -0.124. The molecular weight excluding hydrogens is 198 g/mol. The fourth-order valence-electron chi connectivity index (χ4n) is 2.03. The third kappa shape index (κ3) is 3.09. The molecule has 0 amide bonds. The first kappa shape index (κ1) is 11.7. The maximum absolute atomic E-state index is 11.9. The molecule has 0 aromatic carbocycles. The number of alkyl halides is 1. The SMILES string of the molecule is CC=NC(C)C(=O)C1CCCC(Cl)C1. The average molecular weight is 216 g/mol. The predicted molar refractivity (Wildman–Crippen MR) is 60.2 cm³/mol. The van der Waals surface area contributed by atoms with Crippen LogP contribution in [0.3, 0.4) is 0 Å². The molecule has 0 heterocycles. The lowest BCUT2D eigenvalue weighted by Gasteiger charge is -2.25. The summed E-state index contributed by atoms with van der Waals surface area (Å²) in [6.45, 7) is 3.70. The van der Waals surface area contributed by atoms with Gasteiger partial charge in [-0.25, -0.2) is 0 Å². The van der Waals surface area contributed by atoms with Crippen molar-refractivity contribution in [3.8, 4) is 0 Å². The summed E-state index contributed by atoms with van der Waals surface area (Å²) in [5.41, 5.74) is 0. The Morgan fingerprint density at radius 2 is 2.29 bits per heavy atom. The number of carbonyl (C=O) groups excluding carboxylic acids is 1. The van der Waals surface area contributed by atoms with Gasteiger partial charge in [-0.3, -0.25) is 9.79 Å². The van der Waals surface area contributed by atoms with Crippen LogP contribution < -0.4 is 0 Å². The van der Waals surface area contributed by atoms with E-state index < -0.39 is 0 Å². The van der Waals surface area contributed by atoms with Crippen LogP contribution in [0.15, 0.2) is 4.99 Å². The van der Waals surface area contributed by atoms with Crippen LogP contribution in [0.4, 0.5) is 0 Å². The molecule has 0 N–H and O–H groups in total. The Labute approximate surface area is 90.7 Å². The van der Waals surface area contributed by atoms with E-state index in [0.717, 1.165) is 25.7 Å².